The first-order chi connectivity index (χ1) is 11.5. The first kappa shape index (κ1) is 18.6. The molecule has 1 fully saturated rings. The van der Waals surface area contributed by atoms with Crippen LogP contribution < -0.4 is 5.32 Å². The molecule has 0 spiro atoms. The van der Waals surface area contributed by atoms with Gasteiger partial charge in [-0.05, 0) is 51.8 Å². The largest absolute Gasteiger partial charge is 0.453 e. The molecule has 3 amide bonds. The van der Waals surface area contributed by atoms with E-state index in [9.17, 15) is 19.2 Å². The second-order valence-electron chi connectivity index (χ2n) is 6.74. The van der Waals surface area contributed by atoms with E-state index in [4.69, 9.17) is 4.74 Å². The normalized spacial score (nSPS) is 17.2. The number of imide groups is 1. The Balaban J connectivity index is 2.00. The first-order valence-corrected chi connectivity index (χ1v) is 7.98. The van der Waals surface area contributed by atoms with Crippen LogP contribution in [-0.2, 0) is 14.3 Å². The molecule has 1 saturated heterocycles. The van der Waals surface area contributed by atoms with Gasteiger partial charge in [0.25, 0.3) is 5.91 Å². The molecule has 0 saturated carbocycles. The van der Waals surface area contributed by atoms with Gasteiger partial charge in [0.1, 0.15) is 12.1 Å². The number of benzene rings is 1. The van der Waals surface area contributed by atoms with Crippen LogP contribution in [0.3, 0.4) is 0 Å². The van der Waals surface area contributed by atoms with Gasteiger partial charge in [0.05, 0.1) is 0 Å². The fourth-order valence-electron chi connectivity index (χ4n) is 2.51. The molecule has 1 heterocycles. The Morgan fingerprint density at radius 3 is 2.36 bits per heavy atom. The van der Waals surface area contributed by atoms with Crippen LogP contribution in [0.25, 0.3) is 0 Å². The van der Waals surface area contributed by atoms with Gasteiger partial charge in [0, 0.05) is 5.56 Å². The van der Waals surface area contributed by atoms with Gasteiger partial charge in [-0.15, -0.1) is 0 Å². The molecule has 0 aliphatic carbocycles. The summed E-state index contributed by atoms with van der Waals surface area (Å²) in [5.41, 5.74) is 1.41. The molecule has 0 radical (unpaired) electrons. The van der Waals surface area contributed by atoms with E-state index in [0.717, 1.165) is 16.0 Å². The van der Waals surface area contributed by atoms with Crippen molar-refractivity contribution in [2.24, 2.45) is 0 Å². The maximum atomic E-state index is 12.4. The maximum Gasteiger partial charge on any atom is 0.326 e. The summed E-state index contributed by atoms with van der Waals surface area (Å²) < 4.78 is 5.10. The Morgan fingerprint density at radius 2 is 1.84 bits per heavy atom. The second-order valence-corrected chi connectivity index (χ2v) is 6.74. The van der Waals surface area contributed by atoms with Gasteiger partial charge < -0.3 is 10.1 Å². The number of esters is 1. The van der Waals surface area contributed by atoms with E-state index in [1.54, 1.807) is 26.0 Å². The lowest BCUT2D eigenvalue weighted by Crippen LogP contribution is -2.41. The summed E-state index contributed by atoms with van der Waals surface area (Å²) in [6.45, 7) is 7.85. The number of ether oxygens (including phenoxy) is 1. The zero-order chi connectivity index (χ0) is 18.9. The van der Waals surface area contributed by atoms with Crippen molar-refractivity contribution in [3.63, 3.8) is 0 Å². The van der Waals surface area contributed by atoms with Crippen molar-refractivity contribution in [1.29, 1.82) is 0 Å². The van der Waals surface area contributed by atoms with Gasteiger partial charge in [-0.3, -0.25) is 19.3 Å². The number of ketones is 1. The molecule has 7 nitrogen and oxygen atoms in total. The van der Waals surface area contributed by atoms with Crippen molar-refractivity contribution < 1.29 is 23.9 Å². The summed E-state index contributed by atoms with van der Waals surface area (Å²) in [7, 11) is 0. The highest BCUT2D eigenvalue weighted by atomic mass is 16.5. The number of carbonyl (C=O) groups excluding carboxylic acids is 4. The Labute approximate surface area is 146 Å². The van der Waals surface area contributed by atoms with E-state index in [1.807, 2.05) is 19.9 Å². The van der Waals surface area contributed by atoms with E-state index in [-0.39, 0.29) is 5.78 Å². The molecule has 1 N–H and O–H groups in total. The summed E-state index contributed by atoms with van der Waals surface area (Å²) in [6, 6.07) is 4.59. The van der Waals surface area contributed by atoms with Crippen molar-refractivity contribution in [3.8, 4) is 0 Å². The quantitative estimate of drug-likeness (QED) is 0.498. The Kier molecular flexibility index (Phi) is 4.97. The van der Waals surface area contributed by atoms with Crippen molar-refractivity contribution in [2.75, 3.05) is 6.54 Å². The van der Waals surface area contributed by atoms with Crippen LogP contribution in [-0.4, -0.2) is 46.8 Å². The molecular weight excluding hydrogens is 324 g/mol. The van der Waals surface area contributed by atoms with Gasteiger partial charge in [0.2, 0.25) is 5.78 Å². The number of nitrogens with one attached hydrogen (secondary N) is 1. The smallest absolute Gasteiger partial charge is 0.326 e. The minimum Gasteiger partial charge on any atom is -0.453 e. The molecule has 0 bridgehead atoms. The van der Waals surface area contributed by atoms with Gasteiger partial charge >= 0.3 is 12.0 Å². The highest BCUT2D eigenvalue weighted by molar-refractivity contribution is 6.08. The van der Waals surface area contributed by atoms with Gasteiger partial charge in [-0.25, -0.2) is 4.79 Å². The number of carbonyl (C=O) groups is 4. The Bertz CT molecular complexity index is 754. The van der Waals surface area contributed by atoms with Crippen molar-refractivity contribution in [2.45, 2.75) is 46.3 Å². The topological polar surface area (TPSA) is 92.8 Å². The molecule has 2 rings (SSSR count). The van der Waals surface area contributed by atoms with E-state index in [0.29, 0.717) is 5.56 Å². The third-order valence-corrected chi connectivity index (χ3v) is 4.20. The lowest BCUT2D eigenvalue weighted by molar-refractivity contribution is -0.149. The number of amides is 3. The molecule has 1 aromatic carbocycles. The Hall–Kier alpha value is -2.70. The van der Waals surface area contributed by atoms with Crippen molar-refractivity contribution >= 4 is 23.7 Å². The number of hydrogen-bond donors (Lipinski definition) is 1. The van der Waals surface area contributed by atoms with Gasteiger partial charge in [-0.2, -0.15) is 0 Å². The third kappa shape index (κ3) is 3.87. The number of urea groups is 1. The van der Waals surface area contributed by atoms with Crippen LogP contribution in [0.2, 0.25) is 0 Å². The number of rotatable bonds is 5. The first-order valence-electron chi connectivity index (χ1n) is 7.98. The van der Waals surface area contributed by atoms with E-state index >= 15 is 0 Å². The fraction of sp³-hybridized carbons (Fsp3) is 0.444. The zero-order valence-electron chi connectivity index (χ0n) is 15.0. The van der Waals surface area contributed by atoms with Crippen LogP contribution in [0.15, 0.2) is 18.2 Å². The summed E-state index contributed by atoms with van der Waals surface area (Å²) in [5, 5.41) is 2.47. The van der Waals surface area contributed by atoms with Crippen molar-refractivity contribution in [3.05, 3.63) is 34.9 Å². The molecule has 1 atom stereocenters. The van der Waals surface area contributed by atoms with E-state index in [2.05, 4.69) is 5.32 Å². The number of Topliss-reactive ketones (excluding diaryl/α,β-unsaturated/α-hetero) is 1. The number of aryl methyl sites for hydroxylation is 2. The monoisotopic (exact) mass is 346 g/mol. The van der Waals surface area contributed by atoms with Crippen LogP contribution in [0.5, 0.6) is 0 Å². The highest BCUT2D eigenvalue weighted by Crippen LogP contribution is 2.17. The standard InChI is InChI=1S/C18H22N2O5/c1-10-6-7-13(8-11(10)2)15(22)12(3)25-14(21)9-20-16(23)18(4,5)19-17(20)24/h6-8,12H,9H2,1-5H3,(H,19,24)/t12-/m0/s1. The van der Waals surface area contributed by atoms with Crippen LogP contribution >= 0.6 is 0 Å². The van der Waals surface area contributed by atoms with Crippen molar-refractivity contribution in [1.82, 2.24) is 10.2 Å². The van der Waals surface area contributed by atoms with Crippen LogP contribution in [0.1, 0.15) is 42.3 Å². The molecule has 1 aromatic rings. The molecule has 134 valence electrons. The molecule has 0 aromatic heterocycles. The van der Waals surface area contributed by atoms with E-state index in [1.165, 1.54) is 6.92 Å². The number of hydrogen-bond acceptors (Lipinski definition) is 5. The summed E-state index contributed by atoms with van der Waals surface area (Å²) in [4.78, 5) is 49.0. The van der Waals surface area contributed by atoms with Gasteiger partial charge in [0.15, 0.2) is 6.10 Å². The average molecular weight is 346 g/mol. The fourth-order valence-corrected chi connectivity index (χ4v) is 2.51. The van der Waals surface area contributed by atoms with Gasteiger partial charge in [-0.1, -0.05) is 12.1 Å². The second kappa shape index (κ2) is 6.66. The summed E-state index contributed by atoms with van der Waals surface area (Å²) in [6.07, 6.45) is -1.01. The zero-order valence-corrected chi connectivity index (χ0v) is 15.0. The van der Waals surface area contributed by atoms with Crippen LogP contribution in [0, 0.1) is 13.8 Å². The lowest BCUT2D eigenvalue weighted by atomic mass is 10.0. The molecular formula is C18H22N2O5. The molecule has 7 heteroatoms. The average Bonchev–Trinajstić information content (AvgIpc) is 2.71. The SMILES string of the molecule is Cc1ccc(C(=O)[C@H](C)OC(=O)CN2C(=O)NC(C)(C)C2=O)cc1C. The lowest BCUT2D eigenvalue weighted by Gasteiger charge is -2.17. The minimum absolute atomic E-state index is 0.339. The Morgan fingerprint density at radius 1 is 1.20 bits per heavy atom. The minimum atomic E-state index is -1.06. The third-order valence-electron chi connectivity index (χ3n) is 4.20. The highest BCUT2D eigenvalue weighted by Gasteiger charge is 2.45. The summed E-state index contributed by atoms with van der Waals surface area (Å²) in [5.74, 6) is -1.66. The predicted octanol–water partition coefficient (Wildman–Crippen LogP) is 1.75. The summed E-state index contributed by atoms with van der Waals surface area (Å²) >= 11 is 0. The van der Waals surface area contributed by atoms with Crippen LogP contribution in [0.4, 0.5) is 4.79 Å². The molecule has 1 aliphatic heterocycles. The predicted molar refractivity (Wildman–Crippen MR) is 90.1 cm³/mol. The van der Waals surface area contributed by atoms with E-state index < -0.39 is 36.1 Å². The maximum absolute atomic E-state index is 12.4. The molecule has 25 heavy (non-hydrogen) atoms. The molecule has 0 unspecified atom stereocenters. The number of nitrogens with zero attached hydrogens (tertiary/aromatic N) is 1. The molecule has 1 aliphatic rings.